The molecule has 1 heterocycles. The third-order valence-corrected chi connectivity index (χ3v) is 5.44. The van der Waals surface area contributed by atoms with Gasteiger partial charge in [-0.2, -0.15) is 0 Å². The van der Waals surface area contributed by atoms with Crippen LogP contribution in [0.3, 0.4) is 0 Å². The number of carbonyl (C=O) groups excluding carboxylic acids is 2. The van der Waals surface area contributed by atoms with Gasteiger partial charge >= 0.3 is 5.97 Å². The normalized spacial score (nSPS) is 11.0. The van der Waals surface area contributed by atoms with Crippen molar-refractivity contribution in [1.82, 2.24) is 0 Å². The van der Waals surface area contributed by atoms with Gasteiger partial charge in [0.1, 0.15) is 10.7 Å². The third kappa shape index (κ3) is 3.91. The number of ether oxygens (including phenoxy) is 2. The fourth-order valence-electron chi connectivity index (χ4n) is 2.92. The van der Waals surface area contributed by atoms with E-state index in [-0.39, 0.29) is 23.9 Å². The number of carbonyl (C=O) groups is 2. The van der Waals surface area contributed by atoms with Gasteiger partial charge in [-0.3, -0.25) is 4.79 Å². The molecule has 3 rings (SSSR count). The van der Waals surface area contributed by atoms with Crippen LogP contribution in [0, 0.1) is 19.7 Å². The summed E-state index contributed by atoms with van der Waals surface area (Å²) in [5, 5.41) is 0.358. The number of methoxy groups -OCH3 is 1. The van der Waals surface area contributed by atoms with E-state index in [0.717, 1.165) is 22.5 Å². The third-order valence-electron chi connectivity index (χ3n) is 4.27. The second-order valence-corrected chi connectivity index (χ2v) is 7.33. The first-order chi connectivity index (χ1) is 12.9. The zero-order valence-corrected chi connectivity index (χ0v) is 16.1. The van der Waals surface area contributed by atoms with Crippen LogP contribution in [0.1, 0.15) is 36.7 Å². The minimum Gasteiger partial charge on any atom is -0.453 e. The number of rotatable bonds is 6. The minimum atomic E-state index is -0.652. The standard InChI is InChI=1S/C21H19FO4S/c1-12-7-8-13(2)14(9-12)17(23)11-26-21(24)20-15(10-25-3)19-16(22)5-4-6-18(19)27-20/h4-9H,10-11H2,1-3H3. The number of halogens is 1. The van der Waals surface area contributed by atoms with Crippen molar-refractivity contribution in [1.29, 1.82) is 0 Å². The molecular formula is C21H19FO4S. The van der Waals surface area contributed by atoms with E-state index in [9.17, 15) is 14.0 Å². The van der Waals surface area contributed by atoms with Crippen LogP contribution in [0.25, 0.3) is 10.1 Å². The molecule has 0 aliphatic heterocycles. The van der Waals surface area contributed by atoms with Crippen molar-refractivity contribution in [3.63, 3.8) is 0 Å². The Hall–Kier alpha value is -2.57. The van der Waals surface area contributed by atoms with Gasteiger partial charge in [0.15, 0.2) is 6.61 Å². The quantitative estimate of drug-likeness (QED) is 0.449. The number of Topliss-reactive ketones (excluding diaryl/α,β-unsaturated/α-hetero) is 1. The molecule has 2 aromatic carbocycles. The average molecular weight is 386 g/mol. The molecular weight excluding hydrogens is 367 g/mol. The molecule has 0 aliphatic carbocycles. The van der Waals surface area contributed by atoms with Crippen molar-refractivity contribution in [2.75, 3.05) is 13.7 Å². The fraction of sp³-hybridized carbons (Fsp3) is 0.238. The lowest BCUT2D eigenvalue weighted by atomic mass is 10.0. The molecule has 0 fully saturated rings. The molecule has 0 radical (unpaired) electrons. The number of ketones is 1. The van der Waals surface area contributed by atoms with Crippen LogP contribution in [-0.4, -0.2) is 25.5 Å². The maximum absolute atomic E-state index is 14.2. The lowest BCUT2D eigenvalue weighted by molar-refractivity contribution is 0.0476. The molecule has 27 heavy (non-hydrogen) atoms. The molecule has 0 N–H and O–H groups in total. The van der Waals surface area contributed by atoms with Gasteiger partial charge in [0.25, 0.3) is 0 Å². The van der Waals surface area contributed by atoms with E-state index in [1.807, 2.05) is 26.0 Å². The van der Waals surface area contributed by atoms with E-state index < -0.39 is 11.8 Å². The van der Waals surface area contributed by atoms with Gasteiger partial charge in [-0.05, 0) is 37.6 Å². The molecule has 0 bridgehead atoms. The second kappa shape index (κ2) is 7.98. The lowest BCUT2D eigenvalue weighted by Gasteiger charge is -2.08. The van der Waals surface area contributed by atoms with Crippen LogP contribution < -0.4 is 0 Å². The Morgan fingerprint density at radius 3 is 2.67 bits per heavy atom. The Morgan fingerprint density at radius 1 is 1.15 bits per heavy atom. The van der Waals surface area contributed by atoms with Crippen molar-refractivity contribution in [2.24, 2.45) is 0 Å². The Kier molecular flexibility index (Phi) is 5.68. The molecule has 0 saturated carbocycles. The highest BCUT2D eigenvalue weighted by Gasteiger charge is 2.23. The van der Waals surface area contributed by atoms with E-state index >= 15 is 0 Å². The van der Waals surface area contributed by atoms with Crippen LogP contribution in [0.2, 0.25) is 0 Å². The molecule has 3 aromatic rings. The smallest absolute Gasteiger partial charge is 0.349 e. The summed E-state index contributed by atoms with van der Waals surface area (Å²) in [5.74, 6) is -1.34. The summed E-state index contributed by atoms with van der Waals surface area (Å²) in [6, 6.07) is 10.2. The van der Waals surface area contributed by atoms with Crippen LogP contribution in [0.15, 0.2) is 36.4 Å². The first-order valence-corrected chi connectivity index (χ1v) is 9.20. The summed E-state index contributed by atoms with van der Waals surface area (Å²) < 4.78 is 25.2. The summed E-state index contributed by atoms with van der Waals surface area (Å²) in [6.45, 7) is 3.44. The van der Waals surface area contributed by atoms with Crippen LogP contribution in [0.5, 0.6) is 0 Å². The maximum atomic E-state index is 14.2. The highest BCUT2D eigenvalue weighted by Crippen LogP contribution is 2.34. The van der Waals surface area contributed by atoms with E-state index in [1.165, 1.54) is 13.2 Å². The van der Waals surface area contributed by atoms with Gasteiger partial charge in [0, 0.05) is 28.3 Å². The van der Waals surface area contributed by atoms with Gasteiger partial charge in [0.2, 0.25) is 5.78 Å². The average Bonchev–Trinajstić information content (AvgIpc) is 3.02. The first kappa shape index (κ1) is 19.2. The predicted molar refractivity (Wildman–Crippen MR) is 103 cm³/mol. The monoisotopic (exact) mass is 386 g/mol. The highest BCUT2D eigenvalue weighted by molar-refractivity contribution is 7.21. The van der Waals surface area contributed by atoms with Gasteiger partial charge in [0.05, 0.1) is 6.61 Å². The molecule has 0 unspecified atom stereocenters. The fourth-order valence-corrected chi connectivity index (χ4v) is 4.04. The van der Waals surface area contributed by atoms with Gasteiger partial charge in [-0.1, -0.05) is 23.8 Å². The number of fused-ring (bicyclic) bond motifs is 1. The second-order valence-electron chi connectivity index (χ2n) is 6.27. The Labute approximate surface area is 160 Å². The zero-order chi connectivity index (χ0) is 19.6. The molecule has 0 saturated heterocycles. The number of benzene rings is 2. The zero-order valence-electron chi connectivity index (χ0n) is 15.3. The van der Waals surface area contributed by atoms with Crippen molar-refractivity contribution >= 4 is 33.2 Å². The van der Waals surface area contributed by atoms with Gasteiger partial charge in [-0.15, -0.1) is 11.3 Å². The summed E-state index contributed by atoms with van der Waals surface area (Å²) in [6.07, 6.45) is 0. The summed E-state index contributed by atoms with van der Waals surface area (Å²) in [4.78, 5) is 25.3. The molecule has 1 aromatic heterocycles. The van der Waals surface area contributed by atoms with E-state index in [2.05, 4.69) is 0 Å². The lowest BCUT2D eigenvalue weighted by Crippen LogP contribution is -2.15. The van der Waals surface area contributed by atoms with Crippen molar-refractivity contribution in [2.45, 2.75) is 20.5 Å². The number of aryl methyl sites for hydroxylation is 2. The summed E-state index contributed by atoms with van der Waals surface area (Å²) >= 11 is 1.13. The first-order valence-electron chi connectivity index (χ1n) is 8.38. The molecule has 4 nitrogen and oxygen atoms in total. The van der Waals surface area contributed by atoms with Crippen LogP contribution in [0.4, 0.5) is 4.39 Å². The van der Waals surface area contributed by atoms with Gasteiger partial charge < -0.3 is 9.47 Å². The molecule has 6 heteroatoms. The topological polar surface area (TPSA) is 52.6 Å². The SMILES string of the molecule is COCc1c(C(=O)OCC(=O)c2cc(C)ccc2C)sc2cccc(F)c12. The van der Waals surface area contributed by atoms with Crippen molar-refractivity contribution in [3.05, 3.63) is 69.3 Å². The van der Waals surface area contributed by atoms with E-state index in [0.29, 0.717) is 21.2 Å². The van der Waals surface area contributed by atoms with E-state index in [1.54, 1.807) is 18.2 Å². The number of hydrogen-bond acceptors (Lipinski definition) is 5. The molecule has 0 amide bonds. The molecule has 140 valence electrons. The molecule has 0 spiro atoms. The largest absolute Gasteiger partial charge is 0.453 e. The Morgan fingerprint density at radius 2 is 1.93 bits per heavy atom. The minimum absolute atomic E-state index is 0.0797. The van der Waals surface area contributed by atoms with Crippen molar-refractivity contribution < 1.29 is 23.5 Å². The maximum Gasteiger partial charge on any atom is 0.349 e. The Balaban J connectivity index is 1.84. The molecule has 0 atom stereocenters. The summed E-state index contributed by atoms with van der Waals surface area (Å²) in [7, 11) is 1.48. The van der Waals surface area contributed by atoms with Gasteiger partial charge in [-0.25, -0.2) is 9.18 Å². The molecule has 0 aliphatic rings. The number of thiophene rings is 1. The van der Waals surface area contributed by atoms with Crippen LogP contribution in [-0.2, 0) is 16.1 Å². The predicted octanol–water partition coefficient (Wildman–Crippen LogP) is 4.84. The number of esters is 1. The van der Waals surface area contributed by atoms with Crippen molar-refractivity contribution in [3.8, 4) is 0 Å². The Bertz CT molecular complexity index is 1020. The van der Waals surface area contributed by atoms with E-state index in [4.69, 9.17) is 9.47 Å². The van der Waals surface area contributed by atoms with Crippen LogP contribution >= 0.6 is 11.3 Å². The summed E-state index contributed by atoms with van der Waals surface area (Å²) in [5.41, 5.74) is 2.75. The number of hydrogen-bond donors (Lipinski definition) is 0. The highest BCUT2D eigenvalue weighted by atomic mass is 32.1.